The van der Waals surface area contributed by atoms with E-state index in [1.807, 2.05) is 12.1 Å². The molecule has 2 nitrogen and oxygen atoms in total. The maximum atomic E-state index is 6.19. The molecule has 0 amide bonds. The first kappa shape index (κ1) is 12.2. The summed E-state index contributed by atoms with van der Waals surface area (Å²) < 4.78 is 5.46. The molecule has 2 atom stereocenters. The Bertz CT molecular complexity index is 379. The van der Waals surface area contributed by atoms with E-state index in [0.29, 0.717) is 16.0 Å². The number of halogens is 2. The van der Waals surface area contributed by atoms with E-state index < -0.39 is 0 Å². The van der Waals surface area contributed by atoms with Gasteiger partial charge < -0.3 is 10.5 Å². The van der Waals surface area contributed by atoms with Gasteiger partial charge in [0.2, 0.25) is 0 Å². The topological polar surface area (TPSA) is 35.2 Å². The standard InChI is InChI=1S/C12H15Cl2NO/c1-16-12(7-5-6-7)11(15)8-3-2-4-9(13)10(8)14/h2-4,7,11-12H,5-6,15H2,1H3. The lowest BCUT2D eigenvalue weighted by molar-refractivity contribution is 0.0624. The van der Waals surface area contributed by atoms with Crippen molar-refractivity contribution >= 4 is 23.2 Å². The van der Waals surface area contributed by atoms with Gasteiger partial charge in [0.15, 0.2) is 0 Å². The van der Waals surface area contributed by atoms with E-state index in [1.54, 1.807) is 13.2 Å². The molecule has 88 valence electrons. The molecular weight excluding hydrogens is 245 g/mol. The number of benzene rings is 1. The van der Waals surface area contributed by atoms with Gasteiger partial charge in [-0.15, -0.1) is 0 Å². The van der Waals surface area contributed by atoms with Gasteiger partial charge >= 0.3 is 0 Å². The fourth-order valence-corrected chi connectivity index (χ4v) is 2.45. The summed E-state index contributed by atoms with van der Waals surface area (Å²) in [5.74, 6) is 0.565. The van der Waals surface area contributed by atoms with Crippen molar-refractivity contribution in [1.29, 1.82) is 0 Å². The van der Waals surface area contributed by atoms with Crippen LogP contribution in [0, 0.1) is 5.92 Å². The van der Waals surface area contributed by atoms with E-state index in [9.17, 15) is 0 Å². The summed E-state index contributed by atoms with van der Waals surface area (Å²) in [7, 11) is 1.70. The smallest absolute Gasteiger partial charge is 0.0792 e. The zero-order valence-corrected chi connectivity index (χ0v) is 10.6. The molecule has 16 heavy (non-hydrogen) atoms. The highest BCUT2D eigenvalue weighted by Gasteiger charge is 2.36. The number of ether oxygens (including phenoxy) is 1. The van der Waals surface area contributed by atoms with Gasteiger partial charge in [0, 0.05) is 7.11 Å². The summed E-state index contributed by atoms with van der Waals surface area (Å²) >= 11 is 12.1. The lowest BCUT2D eigenvalue weighted by atomic mass is 9.99. The Morgan fingerprint density at radius 2 is 2.06 bits per heavy atom. The lowest BCUT2D eigenvalue weighted by Crippen LogP contribution is -2.30. The van der Waals surface area contributed by atoms with Crippen molar-refractivity contribution in [2.45, 2.75) is 25.0 Å². The van der Waals surface area contributed by atoms with Crippen molar-refractivity contribution in [3.05, 3.63) is 33.8 Å². The van der Waals surface area contributed by atoms with Gasteiger partial charge in [0.25, 0.3) is 0 Å². The molecule has 0 spiro atoms. The molecule has 0 aliphatic heterocycles. The zero-order chi connectivity index (χ0) is 11.7. The van der Waals surface area contributed by atoms with Crippen molar-refractivity contribution in [2.75, 3.05) is 7.11 Å². The summed E-state index contributed by atoms with van der Waals surface area (Å²) in [6.45, 7) is 0. The highest BCUT2D eigenvalue weighted by molar-refractivity contribution is 6.42. The molecule has 0 bridgehead atoms. The van der Waals surface area contributed by atoms with Crippen LogP contribution < -0.4 is 5.73 Å². The largest absolute Gasteiger partial charge is 0.379 e. The van der Waals surface area contributed by atoms with Crippen LogP contribution in [0.15, 0.2) is 18.2 Å². The summed E-state index contributed by atoms with van der Waals surface area (Å²) in [5.41, 5.74) is 7.06. The van der Waals surface area contributed by atoms with E-state index in [0.717, 1.165) is 5.56 Å². The van der Waals surface area contributed by atoms with Crippen LogP contribution in [0.2, 0.25) is 10.0 Å². The Kier molecular flexibility index (Phi) is 3.75. The molecule has 2 unspecified atom stereocenters. The van der Waals surface area contributed by atoms with Crippen molar-refractivity contribution < 1.29 is 4.74 Å². The van der Waals surface area contributed by atoms with E-state index in [4.69, 9.17) is 33.7 Å². The highest BCUT2D eigenvalue weighted by Crippen LogP contribution is 2.41. The van der Waals surface area contributed by atoms with E-state index >= 15 is 0 Å². The van der Waals surface area contributed by atoms with Gasteiger partial charge in [-0.1, -0.05) is 35.3 Å². The quantitative estimate of drug-likeness (QED) is 0.900. The monoisotopic (exact) mass is 259 g/mol. The molecule has 0 radical (unpaired) electrons. The number of hydrogen-bond acceptors (Lipinski definition) is 2. The minimum Gasteiger partial charge on any atom is -0.379 e. The van der Waals surface area contributed by atoms with Crippen LogP contribution in [0.5, 0.6) is 0 Å². The minimum absolute atomic E-state index is 0.0379. The van der Waals surface area contributed by atoms with Crippen LogP contribution >= 0.6 is 23.2 Å². The number of nitrogens with two attached hydrogens (primary N) is 1. The Morgan fingerprint density at radius 3 is 2.62 bits per heavy atom. The summed E-state index contributed by atoms with van der Waals surface area (Å²) in [6, 6.07) is 5.33. The third-order valence-corrected chi connectivity index (χ3v) is 3.89. The molecule has 0 aromatic heterocycles. The Hall–Kier alpha value is -0.280. The van der Waals surface area contributed by atoms with Crippen LogP contribution in [0.3, 0.4) is 0 Å². The highest BCUT2D eigenvalue weighted by atomic mass is 35.5. The van der Waals surface area contributed by atoms with Crippen LogP contribution in [0.25, 0.3) is 0 Å². The number of methoxy groups -OCH3 is 1. The van der Waals surface area contributed by atoms with Gasteiger partial charge in [0.1, 0.15) is 0 Å². The Morgan fingerprint density at radius 1 is 1.38 bits per heavy atom. The van der Waals surface area contributed by atoms with Crippen LogP contribution in [0.4, 0.5) is 0 Å². The predicted molar refractivity (Wildman–Crippen MR) is 66.9 cm³/mol. The number of hydrogen-bond donors (Lipinski definition) is 1. The molecule has 1 saturated carbocycles. The molecule has 1 aromatic carbocycles. The predicted octanol–water partition coefficient (Wildman–Crippen LogP) is 3.42. The van der Waals surface area contributed by atoms with Crippen molar-refractivity contribution in [2.24, 2.45) is 11.7 Å². The van der Waals surface area contributed by atoms with Crippen LogP contribution in [-0.4, -0.2) is 13.2 Å². The molecule has 2 N–H and O–H groups in total. The van der Waals surface area contributed by atoms with Crippen molar-refractivity contribution in [3.63, 3.8) is 0 Å². The van der Waals surface area contributed by atoms with Gasteiger partial charge in [-0.3, -0.25) is 0 Å². The fraction of sp³-hybridized carbons (Fsp3) is 0.500. The van der Waals surface area contributed by atoms with Crippen LogP contribution in [-0.2, 0) is 4.74 Å². The molecule has 1 aliphatic rings. The summed E-state index contributed by atoms with van der Waals surface area (Å²) in [5, 5.41) is 1.08. The van der Waals surface area contributed by atoms with Gasteiger partial charge in [-0.25, -0.2) is 0 Å². The second-order valence-electron chi connectivity index (χ2n) is 4.21. The molecule has 4 heteroatoms. The average molecular weight is 260 g/mol. The average Bonchev–Trinajstić information content (AvgIpc) is 3.07. The van der Waals surface area contributed by atoms with E-state index in [2.05, 4.69) is 0 Å². The van der Waals surface area contributed by atoms with Gasteiger partial charge in [-0.2, -0.15) is 0 Å². The molecular formula is C12H15Cl2NO. The third-order valence-electron chi connectivity index (χ3n) is 3.05. The molecule has 1 aliphatic carbocycles. The Labute approximate surface area is 106 Å². The fourth-order valence-electron chi connectivity index (χ4n) is 2.01. The first-order valence-electron chi connectivity index (χ1n) is 5.37. The molecule has 1 fully saturated rings. The summed E-state index contributed by atoms with van der Waals surface area (Å²) in [6.07, 6.45) is 2.41. The SMILES string of the molecule is COC(C1CC1)C(N)c1cccc(Cl)c1Cl. The van der Waals surface area contributed by atoms with E-state index in [-0.39, 0.29) is 12.1 Å². The minimum atomic E-state index is -0.205. The van der Waals surface area contributed by atoms with Crippen LogP contribution in [0.1, 0.15) is 24.4 Å². The first-order chi connectivity index (χ1) is 7.65. The third kappa shape index (κ3) is 2.35. The second-order valence-corrected chi connectivity index (χ2v) is 4.99. The second kappa shape index (κ2) is 4.92. The maximum absolute atomic E-state index is 6.19. The summed E-state index contributed by atoms with van der Waals surface area (Å²) in [4.78, 5) is 0. The molecule has 2 rings (SSSR count). The lowest BCUT2D eigenvalue weighted by Gasteiger charge is -2.23. The van der Waals surface area contributed by atoms with E-state index in [1.165, 1.54) is 12.8 Å². The van der Waals surface area contributed by atoms with Crippen molar-refractivity contribution in [3.8, 4) is 0 Å². The first-order valence-corrected chi connectivity index (χ1v) is 6.13. The molecule has 0 heterocycles. The Balaban J connectivity index is 2.24. The molecule has 0 saturated heterocycles. The number of rotatable bonds is 4. The normalized spacial score (nSPS) is 19.5. The molecule has 1 aromatic rings. The maximum Gasteiger partial charge on any atom is 0.0792 e. The zero-order valence-electron chi connectivity index (χ0n) is 9.12. The van der Waals surface area contributed by atoms with Crippen molar-refractivity contribution in [1.82, 2.24) is 0 Å². The van der Waals surface area contributed by atoms with Gasteiger partial charge in [0.05, 0.1) is 22.2 Å². The van der Waals surface area contributed by atoms with Gasteiger partial charge in [-0.05, 0) is 30.4 Å².